The van der Waals surface area contributed by atoms with Crippen LogP contribution in [0.1, 0.15) is 32.8 Å². The number of nitrogens with zero attached hydrogens (tertiary/aromatic N) is 1. The number of carbonyl (C=O) groups is 2. The van der Waals surface area contributed by atoms with Crippen molar-refractivity contribution in [2.75, 3.05) is 12.0 Å². The van der Waals surface area contributed by atoms with Crippen molar-refractivity contribution in [1.82, 2.24) is 5.32 Å². The number of aryl methyl sites for hydroxylation is 1. The highest BCUT2D eigenvalue weighted by atomic mass is 16.5. The van der Waals surface area contributed by atoms with E-state index in [9.17, 15) is 9.59 Å². The monoisotopic (exact) mass is 290 g/mol. The summed E-state index contributed by atoms with van der Waals surface area (Å²) in [5, 5.41) is 2.83. The van der Waals surface area contributed by atoms with Gasteiger partial charge in [-0.3, -0.25) is 14.5 Å². The van der Waals surface area contributed by atoms with Crippen molar-refractivity contribution < 1.29 is 14.3 Å². The molecule has 2 unspecified atom stereocenters. The summed E-state index contributed by atoms with van der Waals surface area (Å²) < 4.78 is 5.19. The third kappa shape index (κ3) is 2.48. The number of carbonyl (C=O) groups excluding carboxylic acids is 2. The number of anilines is 1. The summed E-state index contributed by atoms with van der Waals surface area (Å²) in [5.41, 5.74) is 0.807. The number of nitrogens with one attached hydrogen (secondary N) is 1. The molecule has 1 aliphatic heterocycles. The molecule has 0 spiro atoms. The van der Waals surface area contributed by atoms with Crippen LogP contribution >= 0.6 is 0 Å². The number of amides is 2. The Bertz CT molecular complexity index is 585. The number of hydrogen-bond acceptors (Lipinski definition) is 3. The van der Waals surface area contributed by atoms with E-state index in [4.69, 9.17) is 4.74 Å². The van der Waals surface area contributed by atoms with Gasteiger partial charge in [-0.25, -0.2) is 0 Å². The summed E-state index contributed by atoms with van der Waals surface area (Å²) in [5.74, 6) is 0.524. The van der Waals surface area contributed by atoms with Gasteiger partial charge in [0.05, 0.1) is 7.11 Å². The van der Waals surface area contributed by atoms with E-state index in [1.807, 2.05) is 26.0 Å². The first-order valence-corrected chi connectivity index (χ1v) is 7.14. The van der Waals surface area contributed by atoms with Crippen LogP contribution in [0.2, 0.25) is 0 Å². The predicted octanol–water partition coefficient (Wildman–Crippen LogP) is 2.02. The van der Waals surface area contributed by atoms with Crippen molar-refractivity contribution in [2.24, 2.45) is 0 Å². The Morgan fingerprint density at radius 2 is 2.05 bits per heavy atom. The van der Waals surface area contributed by atoms with Gasteiger partial charge in [-0.15, -0.1) is 0 Å². The minimum Gasteiger partial charge on any atom is -0.497 e. The smallest absolute Gasteiger partial charge is 0.253 e. The van der Waals surface area contributed by atoms with Gasteiger partial charge in [-0.05, 0) is 51.0 Å². The minimum absolute atomic E-state index is 0.0784. The fourth-order valence-corrected chi connectivity index (χ4v) is 2.57. The van der Waals surface area contributed by atoms with E-state index in [1.54, 1.807) is 31.9 Å². The predicted molar refractivity (Wildman–Crippen MR) is 81.5 cm³/mol. The zero-order valence-electron chi connectivity index (χ0n) is 13.2. The van der Waals surface area contributed by atoms with E-state index in [-0.39, 0.29) is 11.8 Å². The molecule has 1 aliphatic rings. The molecule has 0 aromatic heterocycles. The van der Waals surface area contributed by atoms with Crippen molar-refractivity contribution in [1.29, 1.82) is 0 Å². The molecule has 21 heavy (non-hydrogen) atoms. The van der Waals surface area contributed by atoms with Crippen LogP contribution in [0.25, 0.3) is 0 Å². The zero-order valence-corrected chi connectivity index (χ0v) is 13.2. The Balaban J connectivity index is 2.49. The third-order valence-corrected chi connectivity index (χ3v) is 4.23. The Kier molecular flexibility index (Phi) is 3.94. The molecule has 2 rings (SSSR count). The average Bonchev–Trinajstić information content (AvgIpc) is 2.47. The van der Waals surface area contributed by atoms with Crippen LogP contribution in [0.4, 0.5) is 5.69 Å². The van der Waals surface area contributed by atoms with Crippen LogP contribution in [-0.2, 0) is 9.59 Å². The second-order valence-corrected chi connectivity index (χ2v) is 5.68. The van der Waals surface area contributed by atoms with E-state index in [2.05, 4.69) is 5.32 Å². The highest BCUT2D eigenvalue weighted by Gasteiger charge is 2.46. The van der Waals surface area contributed by atoms with Gasteiger partial charge in [-0.2, -0.15) is 0 Å². The Labute approximate surface area is 125 Å². The first-order chi connectivity index (χ1) is 9.84. The van der Waals surface area contributed by atoms with E-state index in [0.717, 1.165) is 17.0 Å². The number of rotatable bonds is 3. The maximum Gasteiger partial charge on any atom is 0.253 e. The lowest BCUT2D eigenvalue weighted by Gasteiger charge is -2.43. The fourth-order valence-electron chi connectivity index (χ4n) is 2.57. The van der Waals surface area contributed by atoms with Gasteiger partial charge in [0.1, 0.15) is 17.3 Å². The van der Waals surface area contributed by atoms with E-state index >= 15 is 0 Å². The number of benzene rings is 1. The first-order valence-electron chi connectivity index (χ1n) is 7.14. The second-order valence-electron chi connectivity index (χ2n) is 5.68. The highest BCUT2D eigenvalue weighted by Crippen LogP contribution is 2.31. The molecule has 1 saturated heterocycles. The SMILES string of the molecule is CCC1(C)NC(=O)C(C)N(c2ccc(OC)cc2C)C1=O. The van der Waals surface area contributed by atoms with E-state index in [0.29, 0.717) is 6.42 Å². The Morgan fingerprint density at radius 3 is 2.57 bits per heavy atom. The maximum absolute atomic E-state index is 12.8. The van der Waals surface area contributed by atoms with Crippen LogP contribution in [0, 0.1) is 6.92 Å². The Morgan fingerprint density at radius 1 is 1.38 bits per heavy atom. The normalized spacial score (nSPS) is 25.8. The third-order valence-electron chi connectivity index (χ3n) is 4.23. The number of ether oxygens (including phenoxy) is 1. The quantitative estimate of drug-likeness (QED) is 0.926. The molecule has 114 valence electrons. The largest absolute Gasteiger partial charge is 0.497 e. The molecule has 1 N–H and O–H groups in total. The van der Waals surface area contributed by atoms with Gasteiger partial charge in [0.2, 0.25) is 5.91 Å². The summed E-state index contributed by atoms with van der Waals surface area (Å²) in [6.07, 6.45) is 0.552. The number of piperazine rings is 1. The molecule has 2 amide bonds. The van der Waals surface area contributed by atoms with Crippen LogP contribution < -0.4 is 15.0 Å². The summed E-state index contributed by atoms with van der Waals surface area (Å²) in [6.45, 7) is 7.32. The van der Waals surface area contributed by atoms with Gasteiger partial charge in [0.15, 0.2) is 0 Å². The molecule has 1 aromatic carbocycles. The van der Waals surface area contributed by atoms with Crippen molar-refractivity contribution in [3.05, 3.63) is 23.8 Å². The molecule has 0 bridgehead atoms. The molecular weight excluding hydrogens is 268 g/mol. The molecule has 1 heterocycles. The Hall–Kier alpha value is -2.04. The lowest BCUT2D eigenvalue weighted by Crippen LogP contribution is -2.68. The molecule has 5 nitrogen and oxygen atoms in total. The van der Waals surface area contributed by atoms with Crippen LogP contribution in [-0.4, -0.2) is 30.5 Å². The van der Waals surface area contributed by atoms with Crippen LogP contribution in [0.15, 0.2) is 18.2 Å². The lowest BCUT2D eigenvalue weighted by atomic mass is 9.91. The average molecular weight is 290 g/mol. The minimum atomic E-state index is -0.851. The molecule has 1 fully saturated rings. The standard InChI is InChI=1S/C16H22N2O3/c1-6-16(4)15(20)18(11(3)14(19)17-16)13-8-7-12(21-5)9-10(13)2/h7-9,11H,6H2,1-5H3,(H,17,19). The molecule has 0 saturated carbocycles. The van der Waals surface area contributed by atoms with Crippen molar-refractivity contribution in [2.45, 2.75) is 45.7 Å². The molecule has 1 aromatic rings. The topological polar surface area (TPSA) is 58.6 Å². The van der Waals surface area contributed by atoms with Gasteiger partial charge in [-0.1, -0.05) is 6.92 Å². The van der Waals surface area contributed by atoms with Crippen molar-refractivity contribution >= 4 is 17.5 Å². The fraction of sp³-hybridized carbons (Fsp3) is 0.500. The first kappa shape index (κ1) is 15.4. The molecule has 0 radical (unpaired) electrons. The lowest BCUT2D eigenvalue weighted by molar-refractivity contribution is -0.137. The van der Waals surface area contributed by atoms with Gasteiger partial charge in [0, 0.05) is 5.69 Å². The zero-order chi connectivity index (χ0) is 15.8. The van der Waals surface area contributed by atoms with Gasteiger partial charge < -0.3 is 10.1 Å². The van der Waals surface area contributed by atoms with Crippen LogP contribution in [0.5, 0.6) is 5.75 Å². The van der Waals surface area contributed by atoms with Gasteiger partial charge >= 0.3 is 0 Å². The maximum atomic E-state index is 12.8. The highest BCUT2D eigenvalue weighted by molar-refractivity contribution is 6.10. The number of methoxy groups -OCH3 is 1. The van der Waals surface area contributed by atoms with Crippen molar-refractivity contribution in [3.63, 3.8) is 0 Å². The van der Waals surface area contributed by atoms with Crippen LogP contribution in [0.3, 0.4) is 0 Å². The molecule has 2 atom stereocenters. The summed E-state index contributed by atoms with van der Waals surface area (Å²) >= 11 is 0. The molecule has 5 heteroatoms. The summed E-state index contributed by atoms with van der Waals surface area (Å²) in [6, 6.07) is 4.98. The second kappa shape index (κ2) is 5.39. The number of hydrogen-bond donors (Lipinski definition) is 1. The van der Waals surface area contributed by atoms with Gasteiger partial charge in [0.25, 0.3) is 5.91 Å². The molecule has 0 aliphatic carbocycles. The van der Waals surface area contributed by atoms with E-state index in [1.165, 1.54) is 0 Å². The summed E-state index contributed by atoms with van der Waals surface area (Å²) in [7, 11) is 1.60. The van der Waals surface area contributed by atoms with Crippen molar-refractivity contribution in [3.8, 4) is 5.75 Å². The van der Waals surface area contributed by atoms with E-state index < -0.39 is 11.6 Å². The molecular formula is C16H22N2O3. The summed E-state index contributed by atoms with van der Waals surface area (Å²) in [4.78, 5) is 26.6.